The SMILES string of the molecule is O=C(O)CNC(=O)[C@H](Cc1ccc(O)cc1)N(C[C@H]1O[C@@H]2O[C@H]3[C@H](O)[C@@H](O)[C@@H](O[C@H]4[C@H](O)[C@@H](O)[C@@H](O[C@H]5[C@H](O)[C@@H](O)[C@@H](O[C@H]6[C@H](O)[C@@H](O)[C@@H](O[C@H]7[C@H](O)[C@@H](O)[C@@H](O[C@H]8[C@H](O)[C@@H](O)[C@@H](O[C@H]1[C@H](O)[C@H]2O)O[C@@H]8CO)O[C@@H]7CO)O[C@@H]6CO)O[C@@H]5CO)O[C@@H]4CO)O[C@@H]3CO)C(=O)OCC1c2ccccc2-c2ccccc21. The summed E-state index contributed by atoms with van der Waals surface area (Å²) in [4.78, 5) is 43.0. The molecule has 0 radical (unpaired) electrons. The molecular weight excluding hydrogens is 1480 g/mol. The number of phenolic OH excluding ortho intramolecular Hbond substituents is 1. The molecule has 0 spiro atoms. The third-order valence-electron chi connectivity index (χ3n) is 21.0. The van der Waals surface area contributed by atoms with Crippen LogP contribution in [0.5, 0.6) is 5.75 Å². The zero-order valence-corrected chi connectivity index (χ0v) is 58.0. The highest BCUT2D eigenvalue weighted by Gasteiger charge is 2.60. The fourth-order valence-corrected chi connectivity index (χ4v) is 15.1. The largest absolute Gasteiger partial charge is 0.508 e. The van der Waals surface area contributed by atoms with Crippen LogP contribution in [0.15, 0.2) is 72.8 Å². The number of hydrogen-bond acceptors (Lipinski definition) is 39. The molecule has 3 aromatic carbocycles. The third-order valence-corrected chi connectivity index (χ3v) is 21.0. The van der Waals surface area contributed by atoms with Gasteiger partial charge in [-0.3, -0.25) is 14.5 Å². The number of aromatic hydroxyl groups is 1. The van der Waals surface area contributed by atoms with Crippen LogP contribution in [0.3, 0.4) is 0 Å². The van der Waals surface area contributed by atoms with Crippen LogP contribution in [0.25, 0.3) is 11.1 Å². The van der Waals surface area contributed by atoms with Gasteiger partial charge in [0.1, 0.15) is 196 Å². The average molecular weight is 1580 g/mol. The lowest BCUT2D eigenvalue weighted by atomic mass is 9.94. The zero-order chi connectivity index (χ0) is 79.0. The first-order valence-corrected chi connectivity index (χ1v) is 35.4. The van der Waals surface area contributed by atoms with Gasteiger partial charge in [0.2, 0.25) is 5.91 Å². The van der Waals surface area contributed by atoms with Crippen LogP contribution in [0, 0.1) is 0 Å². The molecule has 21 fully saturated rings. The number of carbonyl (C=O) groups excluding carboxylic acids is 2. The van der Waals surface area contributed by atoms with Gasteiger partial charge in [0.05, 0.1) is 46.2 Å². The summed E-state index contributed by atoms with van der Waals surface area (Å²) in [6.07, 6.45) is -77.9. The molecule has 2 amide bonds. The second-order valence-corrected chi connectivity index (χ2v) is 27.9. The molecule has 25 rings (SSSR count). The number of carbonyl (C=O) groups is 3. The standard InChI is InChI=1S/C68H92N2O40/c71-16-32-54-41(82)48(89)63(99-32)107-56-34(18-73)101-65(50(91)43(56)84)109-58-36(20-75)103-67(52(93)45(58)86)110-59-37(21-76)102-66(51(92)44(59)85)108-57-35(19-74)100-64(49(90)42(57)83)106-55-33(17-72)98-62(47(88)40(55)81)104-53-31(97-61(105-54)46(87)39(53)80)15-70(30(60(94)69-14-38(78)79)13-23-9-11-24(77)12-10-23)68(95)96-22-29-27-7-3-1-5-25(27)26-6-2-4-8-28(26)29/h1-12,29-37,39-59,61-67,71-77,80-93H,13-22H2,(H,69,94)(H,78,79)/t30-,31+,32+,33+,34+,35+,36+,37+,39+,40+,41+,42+,43+,44+,45+,46+,47+,48+,49+,50+,51+,52+,53+,54+,55+,56+,57+,58+,59+,61+,62+,63+,64+,65+,66+,67+/m0/s1. The fraction of sp³-hybridized carbons (Fsp3) is 0.691. The van der Waals surface area contributed by atoms with E-state index < -0.39 is 311 Å². The van der Waals surface area contributed by atoms with E-state index in [1.54, 1.807) is 36.4 Å². The van der Waals surface area contributed by atoms with Crippen molar-refractivity contribution in [1.29, 1.82) is 0 Å². The van der Waals surface area contributed by atoms with Gasteiger partial charge in [0, 0.05) is 12.3 Å². The van der Waals surface area contributed by atoms with Crippen molar-refractivity contribution in [3.63, 3.8) is 0 Å². The monoisotopic (exact) mass is 1580 g/mol. The number of carboxylic acids is 1. The zero-order valence-electron chi connectivity index (χ0n) is 58.0. The highest BCUT2D eigenvalue weighted by molar-refractivity contribution is 5.88. The molecule has 42 heteroatoms. The second-order valence-electron chi connectivity index (χ2n) is 27.9. The summed E-state index contributed by atoms with van der Waals surface area (Å²) < 4.78 is 88.8. The Kier molecular flexibility index (Phi) is 27.4. The minimum atomic E-state index is -2.50. The molecule has 3 aromatic rings. The van der Waals surface area contributed by atoms with Crippen LogP contribution >= 0.6 is 0 Å². The Morgan fingerprint density at radius 1 is 0.373 bits per heavy atom. The lowest BCUT2D eigenvalue weighted by molar-refractivity contribution is -0.396. The van der Waals surface area contributed by atoms with Gasteiger partial charge in [0.15, 0.2) is 44.0 Å². The predicted molar refractivity (Wildman–Crippen MR) is 349 cm³/mol. The van der Waals surface area contributed by atoms with E-state index in [1.165, 1.54) is 24.3 Å². The molecule has 22 aliphatic rings. The number of phenols is 1. The van der Waals surface area contributed by atoms with Crippen molar-refractivity contribution in [3.8, 4) is 16.9 Å². The summed E-state index contributed by atoms with van der Waals surface area (Å²) in [6.45, 7) is -9.49. The molecular formula is C68H92N2O40. The number of rotatable bonds is 16. The van der Waals surface area contributed by atoms with E-state index in [0.29, 0.717) is 16.0 Å². The molecule has 14 bridgehead atoms. The smallest absolute Gasteiger partial charge is 0.410 e. The number of benzene rings is 3. The van der Waals surface area contributed by atoms with E-state index in [0.717, 1.165) is 11.1 Å². The van der Waals surface area contributed by atoms with Crippen molar-refractivity contribution in [2.24, 2.45) is 0 Å². The molecule has 36 atom stereocenters. The minimum Gasteiger partial charge on any atom is -0.508 e. The number of carboxylic acid groups (broad SMARTS) is 1. The highest BCUT2D eigenvalue weighted by atomic mass is 16.8. The van der Waals surface area contributed by atoms with Crippen molar-refractivity contribution < 1.29 is 198 Å². The molecule has 0 aromatic heterocycles. The molecule has 21 aliphatic heterocycles. The summed E-state index contributed by atoms with van der Waals surface area (Å²) in [6, 6.07) is 17.6. The molecule has 0 unspecified atom stereocenters. The van der Waals surface area contributed by atoms with Crippen LogP contribution in [0.4, 0.5) is 4.79 Å². The topological polar surface area (TPSA) is 650 Å². The van der Waals surface area contributed by atoms with Crippen LogP contribution < -0.4 is 5.32 Å². The fourth-order valence-electron chi connectivity index (χ4n) is 15.1. The van der Waals surface area contributed by atoms with Crippen LogP contribution in [0.1, 0.15) is 22.6 Å². The van der Waals surface area contributed by atoms with E-state index >= 15 is 4.79 Å². The maximum atomic E-state index is 15.4. The van der Waals surface area contributed by atoms with Crippen LogP contribution in [0.2, 0.25) is 0 Å². The van der Waals surface area contributed by atoms with Gasteiger partial charge in [0.25, 0.3) is 0 Å². The number of hydrogen-bond donors (Lipinski definition) is 23. The number of aliphatic carboxylic acids is 1. The number of fused-ring (bicyclic) bond motifs is 3. The molecule has 21 saturated heterocycles. The molecule has 0 saturated carbocycles. The first-order chi connectivity index (χ1) is 52.6. The van der Waals surface area contributed by atoms with Crippen molar-refractivity contribution in [2.45, 2.75) is 233 Å². The van der Waals surface area contributed by atoms with E-state index in [1.807, 2.05) is 12.1 Å². The second kappa shape index (κ2) is 36.0. The summed E-state index contributed by atoms with van der Waals surface area (Å²) >= 11 is 0. The maximum absolute atomic E-state index is 15.4. The Morgan fingerprint density at radius 2 is 0.645 bits per heavy atom. The summed E-state index contributed by atoms with van der Waals surface area (Å²) in [5.41, 5.74) is 3.21. The van der Waals surface area contributed by atoms with Crippen molar-refractivity contribution in [1.82, 2.24) is 10.2 Å². The molecule has 23 N–H and O–H groups in total. The predicted octanol–water partition coefficient (Wildman–Crippen LogP) is -11.5. The summed E-state index contributed by atoms with van der Waals surface area (Å²) in [7, 11) is 0. The lowest BCUT2D eigenvalue weighted by Crippen LogP contribution is -2.69. The number of ether oxygens (including phenoxy) is 15. The molecule has 110 heavy (non-hydrogen) atoms. The average Bonchev–Trinajstić information content (AvgIpc) is 1.44. The Labute approximate surface area is 623 Å². The Hall–Kier alpha value is -5.69. The van der Waals surface area contributed by atoms with Crippen molar-refractivity contribution in [2.75, 3.05) is 59.3 Å². The van der Waals surface area contributed by atoms with E-state index in [2.05, 4.69) is 5.32 Å². The van der Waals surface area contributed by atoms with Gasteiger partial charge in [-0.2, -0.15) is 0 Å². The number of amides is 2. The van der Waals surface area contributed by atoms with E-state index in [9.17, 15) is 122 Å². The van der Waals surface area contributed by atoms with Crippen LogP contribution in [-0.2, 0) is 87.1 Å². The van der Waals surface area contributed by atoms with E-state index in [-0.39, 0.29) is 11.3 Å². The van der Waals surface area contributed by atoms with Crippen molar-refractivity contribution in [3.05, 3.63) is 89.5 Å². The summed E-state index contributed by atoms with van der Waals surface area (Å²) in [5, 5.41) is 252. The number of nitrogens with zero attached hydrogens (tertiary/aromatic N) is 1. The van der Waals surface area contributed by atoms with Gasteiger partial charge in [-0.05, 0) is 39.9 Å². The maximum Gasteiger partial charge on any atom is 0.410 e. The van der Waals surface area contributed by atoms with Crippen LogP contribution in [-0.4, -0.2) is 416 Å². The Morgan fingerprint density at radius 3 is 0.927 bits per heavy atom. The number of nitrogens with one attached hydrogen (secondary N) is 1. The highest BCUT2D eigenvalue weighted by Crippen LogP contribution is 2.46. The molecule has 21 heterocycles. The molecule has 614 valence electrons. The third kappa shape index (κ3) is 17.0. The number of aliphatic hydroxyl groups is 20. The molecule has 1 aliphatic carbocycles. The normalized spacial score (nSPS) is 42.8. The van der Waals surface area contributed by atoms with Gasteiger partial charge < -0.3 is 189 Å². The van der Waals surface area contributed by atoms with Gasteiger partial charge in [-0.25, -0.2) is 4.79 Å². The van der Waals surface area contributed by atoms with Gasteiger partial charge in [-0.15, -0.1) is 0 Å². The quantitative estimate of drug-likeness (QED) is 0.0633. The Bertz CT molecular complexity index is 3460. The van der Waals surface area contributed by atoms with Crippen molar-refractivity contribution >= 4 is 18.0 Å². The first kappa shape index (κ1) is 83.7. The lowest BCUT2D eigenvalue weighted by Gasteiger charge is -2.50. The summed E-state index contributed by atoms with van der Waals surface area (Å²) in [5.74, 6) is -3.65. The molecule has 42 nitrogen and oxygen atoms in total. The Balaban J connectivity index is 0.900. The van der Waals surface area contributed by atoms with E-state index in [4.69, 9.17) is 71.1 Å². The number of aliphatic hydroxyl groups excluding tert-OH is 20. The van der Waals surface area contributed by atoms with Gasteiger partial charge >= 0.3 is 12.1 Å². The minimum absolute atomic E-state index is 0.209. The van der Waals surface area contributed by atoms with Gasteiger partial charge in [-0.1, -0.05) is 60.7 Å². The first-order valence-electron chi connectivity index (χ1n) is 35.4.